The van der Waals surface area contributed by atoms with Crippen LogP contribution in [0.3, 0.4) is 0 Å². The van der Waals surface area contributed by atoms with Crippen molar-refractivity contribution < 1.29 is 55.1 Å². The highest BCUT2D eigenvalue weighted by molar-refractivity contribution is 8.00. The van der Waals surface area contributed by atoms with Gasteiger partial charge in [-0.15, -0.1) is 23.1 Å². The van der Waals surface area contributed by atoms with Gasteiger partial charge >= 0.3 is 12.1 Å². The van der Waals surface area contributed by atoms with Gasteiger partial charge in [0.1, 0.15) is 40.8 Å². The molecule has 1 fully saturated rings. The SMILES string of the molecule is COc1ccc(COC(=O)C2=C(CS(=O)(=O)CCNS(C)(=O)=O)CS[C@@H]3C(NC(=O)/C(=N\OC(c4ccccc4)(c4ccccc4)c4ccccc4)c4csc(NC(=O)OC(C)(C)C)n4)C(=O)N23)cc1. The van der Waals surface area contributed by atoms with E-state index in [9.17, 15) is 36.0 Å². The van der Waals surface area contributed by atoms with Crippen molar-refractivity contribution in [3.8, 4) is 5.75 Å². The molecule has 4 aromatic carbocycles. The Hall–Kier alpha value is -6.59. The molecule has 22 heteroatoms. The first-order valence-corrected chi connectivity index (χ1v) is 27.2. The zero-order valence-electron chi connectivity index (χ0n) is 38.6. The van der Waals surface area contributed by atoms with Gasteiger partial charge in [0.15, 0.2) is 20.7 Å². The molecular formula is C48H50N6O12S4. The second kappa shape index (κ2) is 21.6. The van der Waals surface area contributed by atoms with E-state index in [0.717, 1.165) is 34.3 Å². The lowest BCUT2D eigenvalue weighted by Gasteiger charge is -2.49. The second-order valence-electron chi connectivity index (χ2n) is 17.0. The summed E-state index contributed by atoms with van der Waals surface area (Å²) in [5, 5.41) is 10.5. The Morgan fingerprint density at radius 3 is 1.99 bits per heavy atom. The summed E-state index contributed by atoms with van der Waals surface area (Å²) in [6.07, 6.45) is 0.108. The third-order valence-corrected chi connectivity index (χ3v) is 15.1. The first-order chi connectivity index (χ1) is 33.3. The van der Waals surface area contributed by atoms with Crippen LogP contribution in [0, 0.1) is 0 Å². The maximum atomic E-state index is 14.8. The van der Waals surface area contributed by atoms with Gasteiger partial charge in [0.25, 0.3) is 11.8 Å². The van der Waals surface area contributed by atoms with Crippen LogP contribution in [-0.2, 0) is 60.8 Å². The minimum atomic E-state index is -4.04. The van der Waals surface area contributed by atoms with E-state index in [2.05, 4.69) is 25.5 Å². The van der Waals surface area contributed by atoms with E-state index in [-0.39, 0.29) is 40.2 Å². The molecule has 0 saturated carbocycles. The fourth-order valence-corrected chi connectivity index (χ4v) is 11.6. The standard InChI is InChI=1S/C48H50N6O12S4/c1-47(2,3)65-46(58)52-45-50-37(29-68-45)38(53-66-48(33-15-9-6-10-16-33,34-17-11-7-12-18-34)35-19-13-8-14-20-35)41(55)51-39-42(56)54-40(44(57)64-27-31-21-23-36(63-4)24-22-31)32(28-67-43(39)54)30-70(61,62)26-25-49-69(5,59)60/h6-24,29,39,43,49H,25-28,30H2,1-5H3,(H,51,55)(H,50,52,58)/b53-38-/t39?,43-/m1/s1. The molecule has 1 unspecified atom stereocenters. The van der Waals surface area contributed by atoms with Crippen molar-refractivity contribution in [3.63, 3.8) is 0 Å². The van der Waals surface area contributed by atoms with Crippen LogP contribution in [0.25, 0.3) is 0 Å². The van der Waals surface area contributed by atoms with E-state index in [4.69, 9.17) is 19.0 Å². The molecule has 1 saturated heterocycles. The number of thioether (sulfide) groups is 1. The minimum Gasteiger partial charge on any atom is -0.497 e. The van der Waals surface area contributed by atoms with Gasteiger partial charge in [0, 0.05) is 34.4 Å². The summed E-state index contributed by atoms with van der Waals surface area (Å²) in [4.78, 5) is 68.2. The molecule has 2 aliphatic heterocycles. The lowest BCUT2D eigenvalue weighted by atomic mass is 9.80. The van der Waals surface area contributed by atoms with E-state index in [1.165, 1.54) is 12.5 Å². The molecule has 0 spiro atoms. The van der Waals surface area contributed by atoms with Crippen LogP contribution in [0.4, 0.5) is 9.93 Å². The summed E-state index contributed by atoms with van der Waals surface area (Å²) in [7, 11) is -6.24. The zero-order chi connectivity index (χ0) is 50.3. The van der Waals surface area contributed by atoms with E-state index in [1.807, 2.05) is 91.0 Å². The quantitative estimate of drug-likeness (QED) is 0.0301. The number of sulfonamides is 1. The molecule has 18 nitrogen and oxygen atoms in total. The number of methoxy groups -OCH3 is 1. The van der Waals surface area contributed by atoms with Crippen molar-refractivity contribution in [3.05, 3.63) is 160 Å². The predicted molar refractivity (Wildman–Crippen MR) is 265 cm³/mol. The number of oxime groups is 1. The third-order valence-electron chi connectivity index (χ3n) is 10.6. The van der Waals surface area contributed by atoms with Gasteiger partial charge in [-0.1, -0.05) is 108 Å². The molecular weight excluding hydrogens is 981 g/mol. The topological polar surface area (TPSA) is 238 Å². The number of hydrogen-bond donors (Lipinski definition) is 3. The summed E-state index contributed by atoms with van der Waals surface area (Å²) in [5.74, 6) is -3.43. The number of ether oxygens (including phenoxy) is 3. The Kier molecular flexibility index (Phi) is 15.8. The number of aromatic nitrogens is 1. The highest BCUT2D eigenvalue weighted by atomic mass is 32.2. The van der Waals surface area contributed by atoms with Crippen LogP contribution >= 0.6 is 23.1 Å². The fraction of sp³-hybridized carbons (Fsp3) is 0.292. The number of esters is 1. The lowest BCUT2D eigenvalue weighted by Crippen LogP contribution is -2.71. The number of carbonyl (C=O) groups excluding carboxylic acids is 4. The molecule has 3 amide bonds. The van der Waals surface area contributed by atoms with E-state index < -0.39 is 84.4 Å². The van der Waals surface area contributed by atoms with E-state index in [1.54, 1.807) is 45.0 Å². The van der Waals surface area contributed by atoms with E-state index >= 15 is 0 Å². The summed E-state index contributed by atoms with van der Waals surface area (Å²) in [6, 6.07) is 33.2. The molecule has 2 aliphatic rings. The van der Waals surface area contributed by atoms with Gasteiger partial charge in [0.05, 0.1) is 24.9 Å². The van der Waals surface area contributed by atoms with Crippen LogP contribution < -0.4 is 20.1 Å². The molecule has 368 valence electrons. The predicted octanol–water partition coefficient (Wildman–Crippen LogP) is 5.57. The zero-order valence-corrected chi connectivity index (χ0v) is 41.9. The number of β-lactam (4-membered cyclic amide) rings is 1. The number of carbonyl (C=O) groups is 4. The van der Waals surface area contributed by atoms with Crippen LogP contribution in [0.5, 0.6) is 5.75 Å². The largest absolute Gasteiger partial charge is 0.497 e. The molecule has 1 aromatic heterocycles. The number of hydrogen-bond acceptors (Lipinski definition) is 16. The van der Waals surface area contributed by atoms with Crippen LogP contribution in [-0.4, -0.2) is 110 Å². The number of amides is 3. The van der Waals surface area contributed by atoms with Gasteiger partial charge in [-0.25, -0.2) is 36.1 Å². The van der Waals surface area contributed by atoms with Crippen molar-refractivity contribution in [1.82, 2.24) is 19.9 Å². The fourth-order valence-electron chi connectivity index (χ4n) is 7.48. The van der Waals surface area contributed by atoms with Crippen molar-refractivity contribution in [2.75, 3.05) is 42.5 Å². The molecule has 70 heavy (non-hydrogen) atoms. The molecule has 5 aromatic rings. The van der Waals surface area contributed by atoms with Gasteiger partial charge in [-0.2, -0.15) is 0 Å². The van der Waals surface area contributed by atoms with Crippen molar-refractivity contribution >= 4 is 77.7 Å². The number of thiazole rings is 1. The normalized spacial score (nSPS) is 16.4. The van der Waals surface area contributed by atoms with Gasteiger partial charge in [-0.3, -0.25) is 19.8 Å². The maximum Gasteiger partial charge on any atom is 0.413 e. The third kappa shape index (κ3) is 12.4. The Morgan fingerprint density at radius 1 is 0.857 bits per heavy atom. The van der Waals surface area contributed by atoms with Crippen molar-refractivity contribution in [2.45, 2.75) is 50.0 Å². The molecule has 3 N–H and O–H groups in total. The first-order valence-electron chi connectivity index (χ1n) is 21.6. The number of sulfone groups is 1. The average Bonchev–Trinajstić information content (AvgIpc) is 3.78. The van der Waals surface area contributed by atoms with Crippen molar-refractivity contribution in [2.24, 2.45) is 5.16 Å². The van der Waals surface area contributed by atoms with Gasteiger partial charge in [0.2, 0.25) is 15.6 Å². The number of benzene rings is 4. The molecule has 2 atom stereocenters. The Labute approximate surface area is 413 Å². The van der Waals surface area contributed by atoms with Crippen molar-refractivity contribution in [1.29, 1.82) is 0 Å². The molecule has 3 heterocycles. The number of nitrogens with zero attached hydrogens (tertiary/aromatic N) is 3. The van der Waals surface area contributed by atoms with E-state index in [0.29, 0.717) is 28.0 Å². The van der Waals surface area contributed by atoms with Crippen LogP contribution in [0.1, 0.15) is 48.7 Å². The average molecular weight is 1030 g/mol. The lowest BCUT2D eigenvalue weighted by molar-refractivity contribution is -0.153. The van der Waals surface area contributed by atoms with Crippen LogP contribution in [0.15, 0.2) is 137 Å². The summed E-state index contributed by atoms with van der Waals surface area (Å²) in [6.45, 7) is 4.46. The van der Waals surface area contributed by atoms with Crippen LogP contribution in [0.2, 0.25) is 0 Å². The number of anilines is 1. The van der Waals surface area contributed by atoms with Gasteiger partial charge in [-0.05, 0) is 44.0 Å². The first kappa shape index (κ1) is 51.3. The molecule has 0 aliphatic carbocycles. The smallest absolute Gasteiger partial charge is 0.413 e. The number of nitrogens with one attached hydrogen (secondary N) is 3. The second-order valence-corrected chi connectivity index (χ2v) is 23.0. The highest BCUT2D eigenvalue weighted by Gasteiger charge is 2.55. The Balaban J connectivity index is 1.23. The molecule has 0 radical (unpaired) electrons. The Morgan fingerprint density at radius 2 is 1.44 bits per heavy atom. The Bertz CT molecular complexity index is 2900. The number of rotatable bonds is 19. The minimum absolute atomic E-state index is 0.0304. The summed E-state index contributed by atoms with van der Waals surface area (Å²) >= 11 is 2.09. The summed E-state index contributed by atoms with van der Waals surface area (Å²) in [5.41, 5.74) is -0.374. The molecule has 0 bridgehead atoms. The number of fused-ring (bicyclic) bond motifs is 1. The maximum absolute atomic E-state index is 14.8. The monoisotopic (exact) mass is 1030 g/mol. The molecule has 7 rings (SSSR count). The van der Waals surface area contributed by atoms with Gasteiger partial charge < -0.3 is 24.4 Å². The highest BCUT2D eigenvalue weighted by Crippen LogP contribution is 2.43. The summed E-state index contributed by atoms with van der Waals surface area (Å²) < 4.78 is 68.5.